The molecule has 0 unspecified atom stereocenters. The van der Waals surface area contributed by atoms with Crippen molar-refractivity contribution in [1.82, 2.24) is 0 Å². The van der Waals surface area contributed by atoms with E-state index in [-0.39, 0.29) is 0 Å². The van der Waals surface area contributed by atoms with Crippen molar-refractivity contribution in [3.8, 4) is 6.07 Å². The second-order valence-electron chi connectivity index (χ2n) is 1.73. The lowest BCUT2D eigenvalue weighted by Crippen LogP contribution is -1.83. The molecule has 0 aliphatic carbocycles. The Kier molecular flexibility index (Phi) is 9.32. The molecule has 0 atom stereocenters. The molecule has 0 aromatic rings. The van der Waals surface area contributed by atoms with Crippen molar-refractivity contribution in [2.75, 3.05) is 0 Å². The molecule has 0 aromatic heterocycles. The topological polar surface area (TPSA) is 61.1 Å². The van der Waals surface area contributed by atoms with E-state index in [2.05, 4.69) is 6.58 Å². The molecule has 0 aliphatic rings. The van der Waals surface area contributed by atoms with E-state index in [1.807, 2.05) is 6.07 Å². The quantitative estimate of drug-likeness (QED) is 0.461. The van der Waals surface area contributed by atoms with Crippen LogP contribution in [-0.2, 0) is 4.79 Å². The third kappa shape index (κ3) is 29.6. The zero-order valence-corrected chi connectivity index (χ0v) is 6.66. The van der Waals surface area contributed by atoms with Crippen molar-refractivity contribution in [2.45, 2.75) is 13.8 Å². The molecule has 0 aromatic carbocycles. The summed E-state index contributed by atoms with van der Waals surface area (Å²) in [5, 5.41) is 15.6. The van der Waals surface area contributed by atoms with E-state index in [9.17, 15) is 4.79 Å². The number of hydrogen-bond donors (Lipinski definition) is 1. The first-order chi connectivity index (χ1) is 5.04. The summed E-state index contributed by atoms with van der Waals surface area (Å²) in [5.74, 6) is -0.891. The van der Waals surface area contributed by atoms with Crippen LogP contribution in [0.2, 0.25) is 0 Å². The van der Waals surface area contributed by atoms with E-state index in [4.69, 9.17) is 10.4 Å². The van der Waals surface area contributed by atoms with Crippen LogP contribution in [0.25, 0.3) is 0 Å². The van der Waals surface area contributed by atoms with Crippen LogP contribution in [-0.4, -0.2) is 11.1 Å². The van der Waals surface area contributed by atoms with Gasteiger partial charge in [-0.3, -0.25) is 0 Å². The number of aliphatic carboxylic acids is 1. The van der Waals surface area contributed by atoms with Gasteiger partial charge in [-0.2, -0.15) is 5.26 Å². The Balaban J connectivity index is 0. The highest BCUT2D eigenvalue weighted by Crippen LogP contribution is 1.74. The van der Waals surface area contributed by atoms with Gasteiger partial charge < -0.3 is 5.11 Å². The van der Waals surface area contributed by atoms with Crippen LogP contribution in [0.15, 0.2) is 24.3 Å². The average molecular weight is 153 g/mol. The number of allylic oxidation sites excluding steroid dienone is 2. The van der Waals surface area contributed by atoms with Crippen LogP contribution in [0.4, 0.5) is 0 Å². The molecule has 0 saturated carbocycles. The number of carboxylic acids is 1. The van der Waals surface area contributed by atoms with Gasteiger partial charge in [0.2, 0.25) is 0 Å². The van der Waals surface area contributed by atoms with Gasteiger partial charge in [0.05, 0.1) is 6.07 Å². The number of carbonyl (C=O) groups is 1. The van der Waals surface area contributed by atoms with Crippen LogP contribution in [0.5, 0.6) is 0 Å². The van der Waals surface area contributed by atoms with Crippen molar-refractivity contribution < 1.29 is 9.90 Å². The number of nitriles is 1. The Labute approximate surface area is 66.3 Å². The molecule has 0 amide bonds. The molecule has 0 radical (unpaired) electrons. The molecule has 0 spiro atoms. The van der Waals surface area contributed by atoms with E-state index in [0.717, 1.165) is 6.08 Å². The zero-order chi connectivity index (χ0) is 9.28. The van der Waals surface area contributed by atoms with Crippen molar-refractivity contribution in [2.24, 2.45) is 0 Å². The minimum Gasteiger partial charge on any atom is -0.478 e. The predicted octanol–water partition coefficient (Wildman–Crippen LogP) is 1.73. The highest BCUT2D eigenvalue weighted by atomic mass is 16.4. The smallest absolute Gasteiger partial charge is 0.327 e. The molecule has 0 rings (SSSR count). The van der Waals surface area contributed by atoms with Gasteiger partial charge in [-0.05, 0) is 13.8 Å². The van der Waals surface area contributed by atoms with Gasteiger partial charge in [0.25, 0.3) is 0 Å². The number of rotatable bonds is 1. The van der Waals surface area contributed by atoms with Crippen LogP contribution >= 0.6 is 0 Å². The molecule has 3 heteroatoms. The minimum absolute atomic E-state index is 0.560. The van der Waals surface area contributed by atoms with E-state index in [1.54, 1.807) is 13.8 Å². The maximum Gasteiger partial charge on any atom is 0.327 e. The molecule has 11 heavy (non-hydrogen) atoms. The van der Waals surface area contributed by atoms with Gasteiger partial charge in [-0.15, -0.1) is 0 Å². The van der Waals surface area contributed by atoms with Crippen molar-refractivity contribution >= 4 is 5.97 Å². The Morgan fingerprint density at radius 2 is 2.09 bits per heavy atom. The van der Waals surface area contributed by atoms with E-state index >= 15 is 0 Å². The van der Waals surface area contributed by atoms with Crippen molar-refractivity contribution in [3.05, 3.63) is 24.3 Å². The van der Waals surface area contributed by atoms with Crippen molar-refractivity contribution in [1.29, 1.82) is 5.26 Å². The van der Waals surface area contributed by atoms with Crippen LogP contribution < -0.4 is 0 Å². The lowest BCUT2D eigenvalue weighted by atomic mass is 10.4. The van der Waals surface area contributed by atoms with Gasteiger partial charge in [0, 0.05) is 11.6 Å². The summed E-state index contributed by atoms with van der Waals surface area (Å²) < 4.78 is 0. The number of carboxylic acid groups (broad SMARTS) is 1. The predicted molar refractivity (Wildman–Crippen MR) is 42.9 cm³/mol. The second kappa shape index (κ2) is 8.44. The van der Waals surface area contributed by atoms with Crippen molar-refractivity contribution in [3.63, 3.8) is 0 Å². The molecule has 0 saturated heterocycles. The fourth-order valence-corrected chi connectivity index (χ4v) is 0.143. The molecular formula is C8H11NO2. The average Bonchev–Trinajstić information content (AvgIpc) is 1.89. The Hall–Kier alpha value is -1.56. The minimum atomic E-state index is -0.891. The maximum absolute atomic E-state index is 9.51. The van der Waals surface area contributed by atoms with Gasteiger partial charge in [-0.1, -0.05) is 12.7 Å². The largest absolute Gasteiger partial charge is 0.478 e. The van der Waals surface area contributed by atoms with E-state index < -0.39 is 5.97 Å². The Bertz CT molecular complexity index is 199. The summed E-state index contributed by atoms with van der Waals surface area (Å²) in [6.45, 7) is 6.64. The van der Waals surface area contributed by atoms with Crippen LogP contribution in [0.1, 0.15) is 13.8 Å². The summed E-state index contributed by atoms with van der Waals surface area (Å²) in [7, 11) is 0. The molecule has 0 fully saturated rings. The third-order valence-electron chi connectivity index (χ3n) is 0.500. The Morgan fingerprint density at radius 1 is 1.73 bits per heavy atom. The zero-order valence-electron chi connectivity index (χ0n) is 6.66. The first-order valence-electron chi connectivity index (χ1n) is 2.95. The van der Waals surface area contributed by atoms with Gasteiger partial charge in [0.1, 0.15) is 0 Å². The first-order valence-corrected chi connectivity index (χ1v) is 2.95. The molecule has 1 N–H and O–H groups in total. The summed E-state index contributed by atoms with van der Waals surface area (Å²) in [5.41, 5.74) is 0.560. The number of nitrogens with zero attached hydrogens (tertiary/aromatic N) is 1. The standard InChI is InChI=1S/C4H5N.C4H6O2/c1-4(2)3-5;1-2-3-4(5)6/h1H2,2H3;2-3H,1H3,(H,5,6). The summed E-state index contributed by atoms with van der Waals surface area (Å²) in [6, 6.07) is 1.83. The highest BCUT2D eigenvalue weighted by Gasteiger charge is 1.76. The lowest BCUT2D eigenvalue weighted by Gasteiger charge is -1.68. The molecule has 60 valence electrons. The van der Waals surface area contributed by atoms with Gasteiger partial charge in [-0.25, -0.2) is 4.79 Å². The highest BCUT2D eigenvalue weighted by molar-refractivity contribution is 5.79. The van der Waals surface area contributed by atoms with Gasteiger partial charge >= 0.3 is 5.97 Å². The summed E-state index contributed by atoms with van der Waals surface area (Å²) in [4.78, 5) is 9.51. The monoisotopic (exact) mass is 153 g/mol. The van der Waals surface area contributed by atoms with E-state index in [0.29, 0.717) is 5.57 Å². The molecular weight excluding hydrogens is 142 g/mol. The second-order valence-corrected chi connectivity index (χ2v) is 1.73. The maximum atomic E-state index is 9.51. The third-order valence-corrected chi connectivity index (χ3v) is 0.500. The SMILES string of the molecule is C=C(C)C#N.CC=CC(=O)O. The normalized spacial score (nSPS) is 7.73. The summed E-state index contributed by atoms with van der Waals surface area (Å²) in [6.07, 6.45) is 2.56. The molecule has 0 heterocycles. The summed E-state index contributed by atoms with van der Waals surface area (Å²) >= 11 is 0. The fourth-order valence-electron chi connectivity index (χ4n) is 0.143. The van der Waals surface area contributed by atoms with Gasteiger partial charge in [0.15, 0.2) is 0 Å². The van der Waals surface area contributed by atoms with Crippen LogP contribution in [0, 0.1) is 11.3 Å². The molecule has 0 aliphatic heterocycles. The fraction of sp³-hybridized carbons (Fsp3) is 0.250. The molecule has 3 nitrogen and oxygen atoms in total. The molecule has 0 bridgehead atoms. The van der Waals surface area contributed by atoms with E-state index in [1.165, 1.54) is 6.08 Å². The Morgan fingerprint density at radius 3 is 2.09 bits per heavy atom. The lowest BCUT2D eigenvalue weighted by molar-refractivity contribution is -0.131. The first kappa shape index (κ1) is 12.1. The van der Waals surface area contributed by atoms with Crippen LogP contribution in [0.3, 0.4) is 0 Å². The number of hydrogen-bond acceptors (Lipinski definition) is 2.